The minimum atomic E-state index is -4.21. The summed E-state index contributed by atoms with van der Waals surface area (Å²) in [6.07, 6.45) is -4.21. The summed E-state index contributed by atoms with van der Waals surface area (Å²) in [7, 11) is 0. The van der Waals surface area contributed by atoms with Gasteiger partial charge in [0.2, 0.25) is 0 Å². The maximum absolute atomic E-state index is 11.8. The fraction of sp³-hybridized carbons (Fsp3) is 0.455. The Bertz CT molecular complexity index is 256. The van der Waals surface area contributed by atoms with E-state index in [0.29, 0.717) is 13.2 Å². The molecule has 0 amide bonds. The lowest BCUT2D eigenvalue weighted by molar-refractivity contribution is -0.137. The number of aliphatic hydroxyl groups excluding tert-OH is 1. The maximum atomic E-state index is 11.8. The van der Waals surface area contributed by atoms with Crippen LogP contribution in [0.2, 0.25) is 0 Å². The fourth-order valence-electron chi connectivity index (χ4n) is 0.836. The number of aliphatic hydroxyl groups is 1. The summed E-state index contributed by atoms with van der Waals surface area (Å²) in [5, 5.41) is 8.07. The van der Waals surface area contributed by atoms with Crippen LogP contribution in [0.1, 0.15) is 12.5 Å². The van der Waals surface area contributed by atoms with E-state index in [1.54, 1.807) is 6.07 Å². The normalized spacial score (nSPS) is 10.6. The molecule has 0 aromatic heterocycles. The number of hydrogen-bond donors (Lipinski definition) is 1. The van der Waals surface area contributed by atoms with Crippen LogP contribution in [0.15, 0.2) is 30.3 Å². The highest BCUT2D eigenvalue weighted by molar-refractivity contribution is 5.17. The van der Waals surface area contributed by atoms with Gasteiger partial charge in [0.25, 0.3) is 0 Å². The molecule has 92 valence electrons. The molecule has 0 bridgehead atoms. The minimum Gasteiger partial charge on any atom is -0.394 e. The van der Waals surface area contributed by atoms with Crippen molar-refractivity contribution >= 4 is 0 Å². The zero-order chi connectivity index (χ0) is 12.4. The van der Waals surface area contributed by atoms with E-state index in [1.165, 1.54) is 12.1 Å². The Morgan fingerprint density at radius 2 is 1.75 bits per heavy atom. The van der Waals surface area contributed by atoms with Crippen molar-refractivity contribution in [2.45, 2.75) is 13.1 Å². The molecule has 1 N–H and O–H groups in total. The van der Waals surface area contributed by atoms with Crippen molar-refractivity contribution in [1.29, 1.82) is 0 Å². The van der Waals surface area contributed by atoms with Gasteiger partial charge in [0.1, 0.15) is 0 Å². The Morgan fingerprint density at radius 3 is 2.00 bits per heavy atom. The second kappa shape index (κ2) is 8.13. The van der Waals surface area contributed by atoms with Gasteiger partial charge in [-0.1, -0.05) is 30.3 Å². The predicted octanol–water partition coefficient (Wildman–Crippen LogP) is 2.72. The Kier molecular flexibility index (Phi) is 7.58. The third-order valence-electron chi connectivity index (χ3n) is 1.54. The third-order valence-corrected chi connectivity index (χ3v) is 1.54. The van der Waals surface area contributed by atoms with Crippen molar-refractivity contribution in [2.24, 2.45) is 0 Å². The fourth-order valence-corrected chi connectivity index (χ4v) is 0.836. The van der Waals surface area contributed by atoms with E-state index in [-0.39, 0.29) is 6.61 Å². The molecule has 1 aromatic rings. The van der Waals surface area contributed by atoms with Crippen LogP contribution < -0.4 is 0 Å². The highest BCUT2D eigenvalue weighted by atomic mass is 19.4. The van der Waals surface area contributed by atoms with E-state index in [2.05, 4.69) is 0 Å². The molecular weight excluding hydrogens is 221 g/mol. The van der Waals surface area contributed by atoms with E-state index in [9.17, 15) is 13.2 Å². The van der Waals surface area contributed by atoms with Gasteiger partial charge in [-0.25, -0.2) is 0 Å². The van der Waals surface area contributed by atoms with Gasteiger partial charge < -0.3 is 9.84 Å². The minimum absolute atomic E-state index is 0.133. The van der Waals surface area contributed by atoms with Gasteiger partial charge in [-0.2, -0.15) is 13.2 Å². The van der Waals surface area contributed by atoms with Crippen LogP contribution in [-0.2, 0) is 10.9 Å². The van der Waals surface area contributed by atoms with Crippen molar-refractivity contribution in [1.82, 2.24) is 0 Å². The number of benzene rings is 1. The van der Waals surface area contributed by atoms with Gasteiger partial charge in [0.05, 0.1) is 18.8 Å². The molecule has 0 aliphatic rings. The summed E-state index contributed by atoms with van der Waals surface area (Å²) >= 11 is 0. The molecule has 0 radical (unpaired) electrons. The molecule has 0 aliphatic heterocycles. The van der Waals surface area contributed by atoms with E-state index >= 15 is 0 Å². The van der Waals surface area contributed by atoms with E-state index in [4.69, 9.17) is 9.84 Å². The molecule has 0 aliphatic carbocycles. The maximum Gasteiger partial charge on any atom is 0.416 e. The lowest BCUT2D eigenvalue weighted by Crippen LogP contribution is -2.03. The van der Waals surface area contributed by atoms with E-state index in [0.717, 1.165) is 12.1 Å². The quantitative estimate of drug-likeness (QED) is 0.818. The average molecular weight is 236 g/mol. The summed E-state index contributed by atoms with van der Waals surface area (Å²) in [5.41, 5.74) is -0.602. The van der Waals surface area contributed by atoms with E-state index < -0.39 is 11.7 Å². The SMILES string of the molecule is CCOCCO.FC(F)(F)c1ccccc1. The van der Waals surface area contributed by atoms with Crippen molar-refractivity contribution < 1.29 is 23.0 Å². The van der Waals surface area contributed by atoms with Crippen LogP contribution in [0.25, 0.3) is 0 Å². The Hall–Kier alpha value is -1.07. The number of rotatable bonds is 3. The first kappa shape index (κ1) is 14.9. The largest absolute Gasteiger partial charge is 0.416 e. The molecule has 0 fully saturated rings. The first-order chi connectivity index (χ1) is 7.52. The zero-order valence-electron chi connectivity index (χ0n) is 9.00. The second-order valence-electron chi connectivity index (χ2n) is 2.78. The molecule has 2 nitrogen and oxygen atoms in total. The third kappa shape index (κ3) is 7.25. The average Bonchev–Trinajstić information content (AvgIpc) is 2.27. The van der Waals surface area contributed by atoms with Gasteiger partial charge in [0, 0.05) is 6.61 Å². The first-order valence-electron chi connectivity index (χ1n) is 4.83. The molecular formula is C11H15F3O2. The molecule has 0 saturated heterocycles. The van der Waals surface area contributed by atoms with Gasteiger partial charge in [-0.3, -0.25) is 0 Å². The lowest BCUT2D eigenvalue weighted by atomic mass is 10.2. The first-order valence-corrected chi connectivity index (χ1v) is 4.83. The monoisotopic (exact) mass is 236 g/mol. The molecule has 0 heterocycles. The highest BCUT2D eigenvalue weighted by Crippen LogP contribution is 2.28. The Balaban J connectivity index is 0.000000325. The molecule has 0 atom stereocenters. The summed E-state index contributed by atoms with van der Waals surface area (Å²) < 4.78 is 40.1. The molecule has 0 saturated carbocycles. The standard InChI is InChI=1S/C7H5F3.C4H10O2/c8-7(9,10)6-4-2-1-3-5-6;1-2-6-4-3-5/h1-5H;5H,2-4H2,1H3. The van der Waals surface area contributed by atoms with Gasteiger partial charge in [0.15, 0.2) is 0 Å². The Morgan fingerprint density at radius 1 is 1.19 bits per heavy atom. The number of alkyl halides is 3. The molecule has 0 unspecified atom stereocenters. The van der Waals surface area contributed by atoms with Gasteiger partial charge in [-0.15, -0.1) is 0 Å². The van der Waals surface area contributed by atoms with Gasteiger partial charge >= 0.3 is 6.18 Å². The Labute approximate surface area is 92.7 Å². The lowest BCUT2D eigenvalue weighted by Gasteiger charge is -2.03. The van der Waals surface area contributed by atoms with Crippen molar-refractivity contribution in [3.63, 3.8) is 0 Å². The van der Waals surface area contributed by atoms with Crippen LogP contribution in [0.4, 0.5) is 13.2 Å². The summed E-state index contributed by atoms with van der Waals surface area (Å²) in [5.74, 6) is 0. The number of hydrogen-bond acceptors (Lipinski definition) is 2. The smallest absolute Gasteiger partial charge is 0.394 e. The zero-order valence-corrected chi connectivity index (χ0v) is 9.00. The van der Waals surface area contributed by atoms with Crippen LogP contribution in [0, 0.1) is 0 Å². The highest BCUT2D eigenvalue weighted by Gasteiger charge is 2.29. The molecule has 1 aromatic carbocycles. The molecule has 5 heteroatoms. The number of halogens is 3. The molecule has 16 heavy (non-hydrogen) atoms. The number of ether oxygens (including phenoxy) is 1. The molecule has 0 spiro atoms. The topological polar surface area (TPSA) is 29.5 Å². The second-order valence-corrected chi connectivity index (χ2v) is 2.78. The molecule has 1 rings (SSSR count). The van der Waals surface area contributed by atoms with Gasteiger partial charge in [-0.05, 0) is 6.92 Å². The summed E-state index contributed by atoms with van der Waals surface area (Å²) in [6.45, 7) is 3.20. The predicted molar refractivity (Wildman–Crippen MR) is 55.0 cm³/mol. The van der Waals surface area contributed by atoms with Crippen molar-refractivity contribution in [3.8, 4) is 0 Å². The van der Waals surface area contributed by atoms with Crippen LogP contribution in [0.3, 0.4) is 0 Å². The summed E-state index contributed by atoms with van der Waals surface area (Å²) in [4.78, 5) is 0. The van der Waals surface area contributed by atoms with Crippen molar-refractivity contribution in [3.05, 3.63) is 35.9 Å². The summed E-state index contributed by atoms with van der Waals surface area (Å²) in [6, 6.07) is 6.36. The van der Waals surface area contributed by atoms with Crippen LogP contribution >= 0.6 is 0 Å². The van der Waals surface area contributed by atoms with Crippen LogP contribution in [0.5, 0.6) is 0 Å². The van der Waals surface area contributed by atoms with E-state index in [1.807, 2.05) is 6.92 Å². The van der Waals surface area contributed by atoms with Crippen molar-refractivity contribution in [2.75, 3.05) is 19.8 Å². The van der Waals surface area contributed by atoms with Crippen LogP contribution in [-0.4, -0.2) is 24.9 Å².